The molecule has 0 unspecified atom stereocenters. The molecule has 2 aromatic heterocycles. The highest BCUT2D eigenvalue weighted by Crippen LogP contribution is 2.42. The van der Waals surface area contributed by atoms with Gasteiger partial charge in [-0.15, -0.1) is 0 Å². The zero-order chi connectivity index (χ0) is 39.2. The van der Waals surface area contributed by atoms with Crippen molar-refractivity contribution in [1.82, 2.24) is 9.97 Å². The number of likely N-dealkylation sites (N-methyl/N-ethyl adjacent to an activating group) is 2. The van der Waals surface area contributed by atoms with Crippen molar-refractivity contribution in [1.29, 1.82) is 0 Å². The molecule has 286 valence electrons. The van der Waals surface area contributed by atoms with Crippen molar-refractivity contribution in [3.63, 3.8) is 0 Å². The largest absolute Gasteiger partial charge is 0.493 e. The number of nitrogens with zero attached hydrogens (tertiary/aromatic N) is 4. The minimum Gasteiger partial charge on any atom is -0.493 e. The Labute approximate surface area is 305 Å². The van der Waals surface area contributed by atoms with E-state index in [0.29, 0.717) is 47.0 Å². The average Bonchev–Trinajstić information content (AvgIpc) is 3.11. The third-order valence-electron chi connectivity index (χ3n) is 7.04. The summed E-state index contributed by atoms with van der Waals surface area (Å²) in [5.41, 5.74) is 3.73. The van der Waals surface area contributed by atoms with Gasteiger partial charge in [0.15, 0.2) is 23.0 Å². The second kappa shape index (κ2) is 19.5. The van der Waals surface area contributed by atoms with Gasteiger partial charge in [-0.25, -0.2) is 9.97 Å². The van der Waals surface area contributed by atoms with Gasteiger partial charge in [-0.2, -0.15) is 16.8 Å². The summed E-state index contributed by atoms with van der Waals surface area (Å²) in [4.78, 5) is 13.6. The van der Waals surface area contributed by atoms with E-state index in [9.17, 15) is 16.8 Å². The van der Waals surface area contributed by atoms with Gasteiger partial charge in [0.25, 0.3) is 20.2 Å². The molecule has 0 amide bonds. The summed E-state index contributed by atoms with van der Waals surface area (Å²) in [6.45, 7) is 1.51. The first kappa shape index (κ1) is 43.1. The van der Waals surface area contributed by atoms with E-state index in [0.717, 1.165) is 47.0 Å². The molecule has 52 heavy (non-hydrogen) atoms. The molecule has 4 aromatic rings. The van der Waals surface area contributed by atoms with Gasteiger partial charge in [-0.3, -0.25) is 9.11 Å². The Bertz CT molecular complexity index is 1750. The Kier molecular flexibility index (Phi) is 16.2. The highest BCUT2D eigenvalue weighted by atomic mass is 32.2. The number of hydrogen-bond donors (Lipinski definition) is 2. The van der Waals surface area contributed by atoms with Crippen molar-refractivity contribution in [2.45, 2.75) is 0 Å². The summed E-state index contributed by atoms with van der Waals surface area (Å²) in [6.07, 6.45) is 5.12. The molecule has 0 saturated carbocycles. The lowest BCUT2D eigenvalue weighted by Gasteiger charge is -2.24. The normalized spacial score (nSPS) is 10.8. The van der Waals surface area contributed by atoms with Crippen LogP contribution in [-0.4, -0.2) is 118 Å². The van der Waals surface area contributed by atoms with Crippen LogP contribution in [0.15, 0.2) is 60.9 Å². The van der Waals surface area contributed by atoms with Gasteiger partial charge in [-0.1, -0.05) is 0 Å². The molecule has 0 aliphatic rings. The Morgan fingerprint density at radius 1 is 0.519 bits per heavy atom. The molecule has 0 spiro atoms. The summed E-state index contributed by atoms with van der Waals surface area (Å²) in [7, 11) is 6.32. The summed E-state index contributed by atoms with van der Waals surface area (Å²) < 4.78 is 84.6. The third kappa shape index (κ3) is 13.6. The average molecular weight is 767 g/mol. The molecule has 2 heterocycles. The van der Waals surface area contributed by atoms with Crippen LogP contribution in [0.2, 0.25) is 0 Å². The van der Waals surface area contributed by atoms with Crippen LogP contribution in [0.1, 0.15) is 0 Å². The molecular weight excluding hydrogens is 721 g/mol. The zero-order valence-corrected chi connectivity index (χ0v) is 32.4. The van der Waals surface area contributed by atoms with Crippen LogP contribution < -0.4 is 38.2 Å². The standard InChI is InChI=1S/C32H38N4O6.2CH4O3S/c1-35(29-11-9-21(19-33-29)23-15-25(37-3)31(41-7)26(16-23)38-4)13-14-36(2)30-12-10-22(20-34-30)24-17-27(39-5)32(42-8)28(18-24)40-6;2*1-5(2,3)4/h9-12,15-20H,13-14H2,1-8H3;2*1H3,(H,2,3,4). The van der Waals surface area contributed by atoms with E-state index in [1.807, 2.05) is 75.0 Å². The van der Waals surface area contributed by atoms with Crippen molar-refractivity contribution >= 4 is 31.9 Å². The SMILES string of the molecule is COc1cc(-c2ccc(N(C)CCN(C)c3ccc(-c4cc(OC)c(OC)c(OC)c4)cn3)nc2)cc(OC)c1OC.CS(=O)(=O)O.CS(=O)(=O)O. The Morgan fingerprint density at radius 2 is 0.788 bits per heavy atom. The predicted octanol–water partition coefficient (Wildman–Crippen LogP) is 4.44. The quantitative estimate of drug-likeness (QED) is 0.181. The van der Waals surface area contributed by atoms with Crippen molar-refractivity contribution < 1.29 is 54.4 Å². The molecule has 0 atom stereocenters. The first-order chi connectivity index (χ1) is 24.4. The summed E-state index contributed by atoms with van der Waals surface area (Å²) in [5, 5.41) is 0. The van der Waals surface area contributed by atoms with Crippen LogP contribution in [0.5, 0.6) is 34.5 Å². The first-order valence-corrected chi connectivity index (χ1v) is 18.9. The maximum atomic E-state index is 9.19. The van der Waals surface area contributed by atoms with Gasteiger partial charge in [0.2, 0.25) is 11.5 Å². The molecule has 2 N–H and O–H groups in total. The summed E-state index contributed by atoms with van der Waals surface area (Å²) >= 11 is 0. The number of hydrogen-bond acceptors (Lipinski definition) is 14. The molecule has 0 aliphatic heterocycles. The molecule has 0 radical (unpaired) electrons. The molecule has 0 aliphatic carbocycles. The molecule has 2 aromatic carbocycles. The fourth-order valence-electron chi connectivity index (χ4n) is 4.59. The minimum absolute atomic E-state index is 0.558. The van der Waals surface area contributed by atoms with Crippen LogP contribution in [0, 0.1) is 0 Å². The maximum absolute atomic E-state index is 9.19. The van der Waals surface area contributed by atoms with Crippen LogP contribution in [-0.2, 0) is 20.2 Å². The fourth-order valence-corrected chi connectivity index (χ4v) is 4.59. The second-order valence-electron chi connectivity index (χ2n) is 10.9. The molecule has 0 bridgehead atoms. The van der Waals surface area contributed by atoms with Crippen LogP contribution >= 0.6 is 0 Å². The minimum atomic E-state index is -3.67. The van der Waals surface area contributed by atoms with E-state index in [1.54, 1.807) is 42.7 Å². The van der Waals surface area contributed by atoms with Crippen molar-refractivity contribution in [2.24, 2.45) is 0 Å². The lowest BCUT2D eigenvalue weighted by molar-refractivity contribution is 0.324. The van der Waals surface area contributed by atoms with Crippen LogP contribution in [0.3, 0.4) is 0 Å². The highest BCUT2D eigenvalue weighted by molar-refractivity contribution is 7.85. The van der Waals surface area contributed by atoms with Gasteiger partial charge in [-0.05, 0) is 59.7 Å². The number of pyridine rings is 2. The first-order valence-electron chi connectivity index (χ1n) is 15.2. The Hall–Kier alpha value is -5.04. The molecule has 0 saturated heterocycles. The number of ether oxygens (including phenoxy) is 6. The van der Waals surface area contributed by atoms with Gasteiger partial charge in [0, 0.05) is 50.7 Å². The lowest BCUT2D eigenvalue weighted by atomic mass is 10.1. The predicted molar refractivity (Wildman–Crippen MR) is 200 cm³/mol. The third-order valence-corrected chi connectivity index (χ3v) is 7.04. The summed E-state index contributed by atoms with van der Waals surface area (Å²) in [6, 6.07) is 15.7. The Morgan fingerprint density at radius 3 is 0.981 bits per heavy atom. The van der Waals surface area contributed by atoms with Crippen molar-refractivity contribution in [2.75, 3.05) is 92.2 Å². The molecule has 0 fully saturated rings. The van der Waals surface area contributed by atoms with Crippen molar-refractivity contribution in [3.05, 3.63) is 60.9 Å². The molecule has 16 nitrogen and oxygen atoms in total. The number of anilines is 2. The van der Waals surface area contributed by atoms with E-state index in [1.165, 1.54) is 0 Å². The van der Waals surface area contributed by atoms with E-state index in [-0.39, 0.29) is 0 Å². The number of rotatable bonds is 13. The fraction of sp³-hybridized carbons (Fsp3) is 0.353. The smallest absolute Gasteiger partial charge is 0.261 e. The van der Waals surface area contributed by atoms with E-state index in [2.05, 4.69) is 9.80 Å². The second-order valence-corrected chi connectivity index (χ2v) is 13.9. The molecule has 4 rings (SSSR count). The Balaban J connectivity index is 0.000000825. The van der Waals surface area contributed by atoms with Crippen LogP contribution in [0.25, 0.3) is 22.3 Å². The van der Waals surface area contributed by atoms with Gasteiger partial charge in [0.05, 0.1) is 55.2 Å². The van der Waals surface area contributed by atoms with E-state index < -0.39 is 20.2 Å². The van der Waals surface area contributed by atoms with Gasteiger partial charge in [0.1, 0.15) is 11.6 Å². The number of benzene rings is 2. The van der Waals surface area contributed by atoms with E-state index >= 15 is 0 Å². The topological polar surface area (TPSA) is 196 Å². The zero-order valence-electron chi connectivity index (χ0n) is 30.8. The maximum Gasteiger partial charge on any atom is 0.261 e. The molecule has 18 heteroatoms. The van der Waals surface area contributed by atoms with Gasteiger partial charge >= 0.3 is 0 Å². The monoisotopic (exact) mass is 766 g/mol. The number of aromatic nitrogens is 2. The van der Waals surface area contributed by atoms with E-state index in [4.69, 9.17) is 47.5 Å². The van der Waals surface area contributed by atoms with Gasteiger partial charge < -0.3 is 38.2 Å². The summed E-state index contributed by atoms with van der Waals surface area (Å²) in [5.74, 6) is 5.24. The highest BCUT2D eigenvalue weighted by Gasteiger charge is 2.16. The molecular formula is C34H46N4O12S2. The lowest BCUT2D eigenvalue weighted by Crippen LogP contribution is -2.31. The van der Waals surface area contributed by atoms with Crippen molar-refractivity contribution in [3.8, 4) is 56.8 Å². The number of methoxy groups -OCH3 is 6. The van der Waals surface area contributed by atoms with Crippen LogP contribution in [0.4, 0.5) is 11.6 Å².